The Hall–Kier alpha value is -3.26. The number of nitrogens with zero attached hydrogens (tertiary/aromatic N) is 4. The van der Waals surface area contributed by atoms with Gasteiger partial charge in [-0.3, -0.25) is 9.20 Å². The summed E-state index contributed by atoms with van der Waals surface area (Å²) >= 11 is 1.50. The van der Waals surface area contributed by atoms with E-state index in [9.17, 15) is 4.79 Å². The van der Waals surface area contributed by atoms with Crippen LogP contribution in [0.4, 0.5) is 5.69 Å². The second kappa shape index (κ2) is 8.18. The second-order valence-electron chi connectivity index (χ2n) is 6.00. The molecule has 1 aromatic carbocycles. The van der Waals surface area contributed by atoms with E-state index in [4.69, 9.17) is 4.74 Å². The van der Waals surface area contributed by atoms with Crippen LogP contribution in [-0.4, -0.2) is 37.7 Å². The third-order valence-corrected chi connectivity index (χ3v) is 4.87. The maximum Gasteiger partial charge on any atom is 0.276 e. The first-order chi connectivity index (χ1) is 13.8. The molecule has 1 amide bonds. The van der Waals surface area contributed by atoms with Gasteiger partial charge >= 0.3 is 0 Å². The molecule has 0 saturated carbocycles. The molecule has 0 spiro atoms. The quantitative estimate of drug-likeness (QED) is 0.486. The molecule has 0 bridgehead atoms. The highest BCUT2D eigenvalue weighted by atomic mass is 32.2. The highest BCUT2D eigenvalue weighted by Crippen LogP contribution is 2.26. The Bertz CT molecular complexity index is 1090. The van der Waals surface area contributed by atoms with Crippen LogP contribution in [0.5, 0.6) is 5.75 Å². The van der Waals surface area contributed by atoms with E-state index < -0.39 is 0 Å². The van der Waals surface area contributed by atoms with Gasteiger partial charge in [0.15, 0.2) is 10.9 Å². The van der Waals surface area contributed by atoms with E-state index in [1.807, 2.05) is 70.1 Å². The predicted octanol–water partition coefficient (Wildman–Crippen LogP) is 3.58. The first-order valence-corrected chi connectivity index (χ1v) is 9.99. The number of hydrogen-bond donors (Lipinski definition) is 1. The molecule has 3 heterocycles. The second-order valence-corrected chi connectivity index (χ2v) is 6.78. The van der Waals surface area contributed by atoms with Crippen LogP contribution in [0.3, 0.4) is 0 Å². The Morgan fingerprint density at radius 3 is 2.86 bits per heavy atom. The Labute approximate surface area is 166 Å². The van der Waals surface area contributed by atoms with Gasteiger partial charge in [-0.1, -0.05) is 30.0 Å². The van der Waals surface area contributed by atoms with Gasteiger partial charge in [-0.2, -0.15) is 0 Å². The fourth-order valence-corrected chi connectivity index (χ4v) is 3.42. The number of benzene rings is 1. The Balaban J connectivity index is 1.52. The van der Waals surface area contributed by atoms with Crippen molar-refractivity contribution in [2.75, 3.05) is 18.2 Å². The monoisotopic (exact) mass is 393 g/mol. The minimum atomic E-state index is -0.269. The fourth-order valence-electron chi connectivity index (χ4n) is 2.88. The molecule has 4 aromatic rings. The van der Waals surface area contributed by atoms with E-state index in [1.54, 1.807) is 12.5 Å². The van der Waals surface area contributed by atoms with Crippen LogP contribution >= 0.6 is 11.8 Å². The number of carbonyl (C=O) groups excluding carboxylic acids is 1. The smallest absolute Gasteiger partial charge is 0.276 e. The van der Waals surface area contributed by atoms with Crippen LogP contribution in [0, 0.1) is 0 Å². The van der Waals surface area contributed by atoms with Crippen molar-refractivity contribution in [2.24, 2.45) is 0 Å². The zero-order valence-corrected chi connectivity index (χ0v) is 16.1. The molecule has 0 atom stereocenters. The SMILES string of the molecule is CSc1nc(C(=O)Nc2ccccc2OCCn2ccnc2)c2ccccn12. The number of fused-ring (bicyclic) bond motifs is 1. The molecule has 0 aliphatic heterocycles. The number of rotatable bonds is 7. The van der Waals surface area contributed by atoms with Crippen LogP contribution in [0.2, 0.25) is 0 Å². The maximum absolute atomic E-state index is 12.9. The molecular weight excluding hydrogens is 374 g/mol. The van der Waals surface area contributed by atoms with Crippen molar-refractivity contribution in [3.63, 3.8) is 0 Å². The van der Waals surface area contributed by atoms with Crippen LogP contribution in [-0.2, 0) is 6.54 Å². The minimum absolute atomic E-state index is 0.269. The lowest BCUT2D eigenvalue weighted by Gasteiger charge is -2.12. The van der Waals surface area contributed by atoms with Gasteiger partial charge in [0.05, 0.1) is 24.1 Å². The summed E-state index contributed by atoms with van der Waals surface area (Å²) in [6.45, 7) is 1.14. The highest BCUT2D eigenvalue weighted by Gasteiger charge is 2.18. The van der Waals surface area contributed by atoms with E-state index in [0.29, 0.717) is 30.3 Å². The molecule has 0 radical (unpaired) electrons. The summed E-state index contributed by atoms with van der Waals surface area (Å²) in [5.41, 5.74) is 1.77. The lowest BCUT2D eigenvalue weighted by Crippen LogP contribution is -2.14. The molecule has 0 fully saturated rings. The Morgan fingerprint density at radius 1 is 1.18 bits per heavy atom. The summed E-state index contributed by atoms with van der Waals surface area (Å²) in [5.74, 6) is 0.347. The van der Waals surface area contributed by atoms with Crippen molar-refractivity contribution in [2.45, 2.75) is 11.7 Å². The van der Waals surface area contributed by atoms with Crippen LogP contribution in [0.25, 0.3) is 5.52 Å². The number of hydrogen-bond acceptors (Lipinski definition) is 5. The molecule has 0 aliphatic carbocycles. The number of amides is 1. The van der Waals surface area contributed by atoms with Crippen molar-refractivity contribution in [3.8, 4) is 5.75 Å². The molecule has 1 N–H and O–H groups in total. The van der Waals surface area contributed by atoms with Gasteiger partial charge < -0.3 is 14.6 Å². The maximum atomic E-state index is 12.9. The van der Waals surface area contributed by atoms with Crippen molar-refractivity contribution < 1.29 is 9.53 Å². The molecule has 4 rings (SSSR count). The number of anilines is 1. The van der Waals surface area contributed by atoms with Crippen LogP contribution < -0.4 is 10.1 Å². The molecule has 0 unspecified atom stereocenters. The van der Waals surface area contributed by atoms with Gasteiger partial charge in [-0.25, -0.2) is 9.97 Å². The van der Waals surface area contributed by atoms with Crippen molar-refractivity contribution in [3.05, 3.63) is 73.1 Å². The molecule has 28 heavy (non-hydrogen) atoms. The number of thioether (sulfide) groups is 1. The molecule has 0 aliphatic rings. The summed E-state index contributed by atoms with van der Waals surface area (Å²) in [4.78, 5) is 21.4. The first-order valence-electron chi connectivity index (χ1n) is 8.76. The molecule has 142 valence electrons. The number of para-hydroxylation sites is 2. The number of pyridine rings is 1. The largest absolute Gasteiger partial charge is 0.490 e. The lowest BCUT2D eigenvalue weighted by molar-refractivity contribution is 0.102. The van der Waals surface area contributed by atoms with Gasteiger partial charge in [-0.05, 0) is 30.5 Å². The van der Waals surface area contributed by atoms with E-state index in [0.717, 1.165) is 10.7 Å². The molecular formula is C20H19N5O2S. The number of nitrogens with one attached hydrogen (secondary N) is 1. The topological polar surface area (TPSA) is 73.4 Å². The molecule has 3 aromatic heterocycles. The van der Waals surface area contributed by atoms with Gasteiger partial charge in [0.25, 0.3) is 5.91 Å². The van der Waals surface area contributed by atoms with Crippen LogP contribution in [0.1, 0.15) is 10.5 Å². The predicted molar refractivity (Wildman–Crippen MR) is 109 cm³/mol. The fraction of sp³-hybridized carbons (Fsp3) is 0.150. The lowest BCUT2D eigenvalue weighted by atomic mass is 10.2. The number of carbonyl (C=O) groups is 1. The Morgan fingerprint density at radius 2 is 2.04 bits per heavy atom. The minimum Gasteiger partial charge on any atom is -0.490 e. The van der Waals surface area contributed by atoms with Gasteiger partial charge in [-0.15, -0.1) is 0 Å². The Kier molecular flexibility index (Phi) is 5.29. The summed E-state index contributed by atoms with van der Waals surface area (Å²) in [5, 5.41) is 3.70. The normalized spacial score (nSPS) is 10.9. The van der Waals surface area contributed by atoms with E-state index in [2.05, 4.69) is 15.3 Å². The summed E-state index contributed by atoms with van der Waals surface area (Å²) in [6, 6.07) is 13.1. The third-order valence-electron chi connectivity index (χ3n) is 4.22. The highest BCUT2D eigenvalue weighted by molar-refractivity contribution is 7.98. The average molecular weight is 393 g/mol. The molecule has 7 nitrogen and oxygen atoms in total. The van der Waals surface area contributed by atoms with Gasteiger partial charge in [0, 0.05) is 18.6 Å². The third kappa shape index (κ3) is 3.72. The van der Waals surface area contributed by atoms with E-state index in [-0.39, 0.29) is 5.91 Å². The van der Waals surface area contributed by atoms with Crippen molar-refractivity contribution >= 4 is 28.9 Å². The van der Waals surface area contributed by atoms with Crippen molar-refractivity contribution in [1.82, 2.24) is 18.9 Å². The zero-order valence-electron chi connectivity index (χ0n) is 15.3. The standard InChI is InChI=1S/C20H19N5O2S/c1-28-20-23-18(16-7-4-5-10-25(16)20)19(26)22-15-6-2-3-8-17(15)27-13-12-24-11-9-21-14-24/h2-11,14H,12-13H2,1H3,(H,22,26). The number of imidazole rings is 2. The average Bonchev–Trinajstić information content (AvgIpc) is 3.37. The molecule has 0 saturated heterocycles. The molecule has 8 heteroatoms. The van der Waals surface area contributed by atoms with Gasteiger partial charge in [0.1, 0.15) is 12.4 Å². The van der Waals surface area contributed by atoms with E-state index >= 15 is 0 Å². The summed E-state index contributed by atoms with van der Waals surface area (Å²) in [7, 11) is 0. The van der Waals surface area contributed by atoms with E-state index in [1.165, 1.54) is 11.8 Å². The van der Waals surface area contributed by atoms with Crippen molar-refractivity contribution in [1.29, 1.82) is 0 Å². The summed E-state index contributed by atoms with van der Waals surface area (Å²) < 4.78 is 9.71. The number of aromatic nitrogens is 4. The van der Waals surface area contributed by atoms with Crippen LogP contribution in [0.15, 0.2) is 72.5 Å². The van der Waals surface area contributed by atoms with Gasteiger partial charge in [0.2, 0.25) is 0 Å². The zero-order chi connectivity index (χ0) is 19.3. The first kappa shape index (κ1) is 18.1. The number of ether oxygens (including phenoxy) is 1. The summed E-state index contributed by atoms with van der Waals surface area (Å²) in [6.07, 6.45) is 9.19.